The number of fused-ring (bicyclic) bond motifs is 1. The number of nitrogens with zero attached hydrogens (tertiary/aromatic N) is 3. The fourth-order valence-corrected chi connectivity index (χ4v) is 3.06. The molecule has 0 spiro atoms. The van der Waals surface area contributed by atoms with Gasteiger partial charge in [-0.25, -0.2) is 9.67 Å². The number of aryl methyl sites for hydroxylation is 2. The average molecular weight is 385 g/mol. The zero-order chi connectivity index (χ0) is 18.9. The quantitative estimate of drug-likeness (QED) is 0.825. The third kappa shape index (κ3) is 4.24. The SMILES string of the molecule is Cc1nc2n(n1)CC(NC(=O)C=Cc1ccc(Cl)c(C(F)(F)F)c1)CC2. The van der Waals surface area contributed by atoms with E-state index in [9.17, 15) is 18.0 Å². The van der Waals surface area contributed by atoms with Crippen LogP contribution in [0, 0.1) is 6.92 Å². The molecule has 2 aromatic rings. The molecule has 1 unspecified atom stereocenters. The average Bonchev–Trinajstić information content (AvgIpc) is 2.92. The van der Waals surface area contributed by atoms with E-state index in [1.807, 2.05) is 6.92 Å². The molecule has 26 heavy (non-hydrogen) atoms. The highest BCUT2D eigenvalue weighted by Gasteiger charge is 2.33. The van der Waals surface area contributed by atoms with Crippen LogP contribution in [0.3, 0.4) is 0 Å². The van der Waals surface area contributed by atoms with Gasteiger partial charge in [0.15, 0.2) is 0 Å². The lowest BCUT2D eigenvalue weighted by Crippen LogP contribution is -2.40. The van der Waals surface area contributed by atoms with Crippen LogP contribution in [0.15, 0.2) is 24.3 Å². The first-order valence-corrected chi connectivity index (χ1v) is 8.36. The highest BCUT2D eigenvalue weighted by molar-refractivity contribution is 6.31. The van der Waals surface area contributed by atoms with Crippen molar-refractivity contribution in [1.29, 1.82) is 0 Å². The van der Waals surface area contributed by atoms with Crippen molar-refractivity contribution in [3.8, 4) is 0 Å². The first kappa shape index (κ1) is 18.4. The molecule has 3 rings (SSSR count). The van der Waals surface area contributed by atoms with Gasteiger partial charge < -0.3 is 5.32 Å². The van der Waals surface area contributed by atoms with Crippen molar-refractivity contribution in [3.05, 3.63) is 52.1 Å². The van der Waals surface area contributed by atoms with Gasteiger partial charge >= 0.3 is 6.18 Å². The number of amides is 1. The molecule has 0 radical (unpaired) electrons. The molecule has 5 nitrogen and oxygen atoms in total. The van der Waals surface area contributed by atoms with Crippen LogP contribution in [0.1, 0.15) is 29.2 Å². The predicted octanol–water partition coefficient (Wildman–Crippen LogP) is 3.40. The van der Waals surface area contributed by atoms with Crippen LogP contribution >= 0.6 is 11.6 Å². The largest absolute Gasteiger partial charge is 0.417 e. The van der Waals surface area contributed by atoms with Gasteiger partial charge in [-0.05, 0) is 37.1 Å². The lowest BCUT2D eigenvalue weighted by Gasteiger charge is -2.22. The number of carbonyl (C=O) groups is 1. The van der Waals surface area contributed by atoms with E-state index in [-0.39, 0.29) is 22.5 Å². The minimum atomic E-state index is -4.54. The summed E-state index contributed by atoms with van der Waals surface area (Å²) >= 11 is 5.58. The van der Waals surface area contributed by atoms with Crippen LogP contribution in [0.2, 0.25) is 5.02 Å². The van der Waals surface area contributed by atoms with Crippen molar-refractivity contribution in [2.45, 2.75) is 38.5 Å². The number of nitrogens with one attached hydrogen (secondary N) is 1. The maximum atomic E-state index is 12.9. The number of hydrogen-bond acceptors (Lipinski definition) is 3. The topological polar surface area (TPSA) is 59.8 Å². The van der Waals surface area contributed by atoms with Crippen molar-refractivity contribution in [2.24, 2.45) is 0 Å². The predicted molar refractivity (Wildman–Crippen MR) is 90.5 cm³/mol. The number of benzene rings is 1. The van der Waals surface area contributed by atoms with Gasteiger partial charge in [-0.2, -0.15) is 18.3 Å². The summed E-state index contributed by atoms with van der Waals surface area (Å²) in [6.07, 6.45) is -0.558. The molecule has 9 heteroatoms. The van der Waals surface area contributed by atoms with E-state index >= 15 is 0 Å². The molecular formula is C17H16ClF3N4O. The summed E-state index contributed by atoms with van der Waals surface area (Å²) in [4.78, 5) is 16.4. The van der Waals surface area contributed by atoms with Gasteiger partial charge in [0.1, 0.15) is 11.6 Å². The summed E-state index contributed by atoms with van der Waals surface area (Å²) < 4.78 is 40.3. The molecule has 1 atom stereocenters. The van der Waals surface area contributed by atoms with E-state index < -0.39 is 11.7 Å². The van der Waals surface area contributed by atoms with Crippen molar-refractivity contribution in [1.82, 2.24) is 20.1 Å². The number of hydrogen-bond donors (Lipinski definition) is 1. The highest BCUT2D eigenvalue weighted by Crippen LogP contribution is 2.35. The third-order valence-electron chi connectivity index (χ3n) is 4.03. The fraction of sp³-hybridized carbons (Fsp3) is 0.353. The summed E-state index contributed by atoms with van der Waals surface area (Å²) in [6, 6.07) is 3.40. The lowest BCUT2D eigenvalue weighted by atomic mass is 10.1. The maximum Gasteiger partial charge on any atom is 0.417 e. The molecule has 1 aliphatic rings. The Morgan fingerprint density at radius 3 is 2.92 bits per heavy atom. The number of halogens is 4. The van der Waals surface area contributed by atoms with Crippen LogP contribution in [-0.4, -0.2) is 26.7 Å². The van der Waals surface area contributed by atoms with Crippen molar-refractivity contribution in [3.63, 3.8) is 0 Å². The summed E-state index contributed by atoms with van der Waals surface area (Å²) in [5.74, 6) is 1.21. The van der Waals surface area contributed by atoms with E-state index in [1.54, 1.807) is 4.68 Å². The molecule has 0 saturated carbocycles. The zero-order valence-electron chi connectivity index (χ0n) is 13.8. The van der Waals surface area contributed by atoms with Gasteiger partial charge in [0.2, 0.25) is 5.91 Å². The van der Waals surface area contributed by atoms with Crippen molar-refractivity contribution >= 4 is 23.6 Å². The molecule has 1 N–H and O–H groups in total. The first-order chi connectivity index (χ1) is 12.2. The Hall–Kier alpha value is -2.35. The maximum absolute atomic E-state index is 12.9. The van der Waals surface area contributed by atoms with Crippen LogP contribution in [0.4, 0.5) is 13.2 Å². The number of carbonyl (C=O) groups excluding carboxylic acids is 1. The van der Waals surface area contributed by atoms with E-state index in [4.69, 9.17) is 11.6 Å². The Morgan fingerprint density at radius 1 is 1.42 bits per heavy atom. The summed E-state index contributed by atoms with van der Waals surface area (Å²) in [5.41, 5.74) is -0.683. The molecular weight excluding hydrogens is 369 g/mol. The smallest absolute Gasteiger partial charge is 0.348 e. The van der Waals surface area contributed by atoms with Gasteiger partial charge in [-0.1, -0.05) is 17.7 Å². The minimum Gasteiger partial charge on any atom is -0.348 e. The van der Waals surface area contributed by atoms with Gasteiger partial charge in [-0.15, -0.1) is 0 Å². The summed E-state index contributed by atoms with van der Waals surface area (Å²) in [7, 11) is 0. The number of rotatable bonds is 3. The van der Waals surface area contributed by atoms with E-state index in [1.165, 1.54) is 18.2 Å². The van der Waals surface area contributed by atoms with E-state index in [0.29, 0.717) is 18.8 Å². The molecule has 0 aliphatic carbocycles. The lowest BCUT2D eigenvalue weighted by molar-refractivity contribution is -0.137. The molecule has 1 aliphatic heterocycles. The minimum absolute atomic E-state index is 0.100. The van der Waals surface area contributed by atoms with Crippen molar-refractivity contribution < 1.29 is 18.0 Å². The standard InChI is InChI=1S/C17H16ClF3N4O/c1-10-22-15-6-4-12(9-25(15)24-10)23-16(26)7-3-11-2-5-14(18)13(8-11)17(19,20)21/h2-3,5,7-8,12H,4,6,9H2,1H3,(H,23,26). The van der Waals surface area contributed by atoms with Gasteiger partial charge in [-0.3, -0.25) is 4.79 Å². The van der Waals surface area contributed by atoms with Crippen molar-refractivity contribution in [2.75, 3.05) is 0 Å². The molecule has 1 amide bonds. The molecule has 138 valence electrons. The second-order valence-electron chi connectivity index (χ2n) is 6.07. The Bertz CT molecular complexity index is 860. The molecule has 2 heterocycles. The fourth-order valence-electron chi connectivity index (χ4n) is 2.84. The van der Waals surface area contributed by atoms with Crippen LogP contribution in [0.25, 0.3) is 6.08 Å². The second-order valence-corrected chi connectivity index (χ2v) is 6.48. The van der Waals surface area contributed by atoms with Gasteiger partial charge in [0, 0.05) is 18.5 Å². The molecule has 0 saturated heterocycles. The zero-order valence-corrected chi connectivity index (χ0v) is 14.6. The highest BCUT2D eigenvalue weighted by atomic mass is 35.5. The number of aromatic nitrogens is 3. The normalized spacial score (nSPS) is 17.3. The third-order valence-corrected chi connectivity index (χ3v) is 4.36. The van der Waals surface area contributed by atoms with E-state index in [0.717, 1.165) is 24.4 Å². The van der Waals surface area contributed by atoms with Crippen LogP contribution in [-0.2, 0) is 23.9 Å². The first-order valence-electron chi connectivity index (χ1n) is 7.98. The Labute approximate surface area is 152 Å². The van der Waals surface area contributed by atoms with Gasteiger partial charge in [0.05, 0.1) is 17.1 Å². The van der Waals surface area contributed by atoms with E-state index in [2.05, 4.69) is 15.4 Å². The van der Waals surface area contributed by atoms with Gasteiger partial charge in [0.25, 0.3) is 0 Å². The molecule has 1 aromatic carbocycles. The molecule has 1 aromatic heterocycles. The summed E-state index contributed by atoms with van der Waals surface area (Å²) in [5, 5.41) is 6.72. The van der Waals surface area contributed by atoms with Crippen LogP contribution in [0.5, 0.6) is 0 Å². The Morgan fingerprint density at radius 2 is 2.19 bits per heavy atom. The molecule has 0 bridgehead atoms. The number of alkyl halides is 3. The summed E-state index contributed by atoms with van der Waals surface area (Å²) in [6.45, 7) is 2.33. The van der Waals surface area contributed by atoms with Crippen LogP contribution < -0.4 is 5.32 Å². The Kier molecular flexibility index (Phi) is 5.04. The monoisotopic (exact) mass is 384 g/mol. The molecule has 0 fully saturated rings. The Balaban J connectivity index is 1.63. The second kappa shape index (κ2) is 7.11.